The zero-order valence-electron chi connectivity index (χ0n) is 12.8. The number of aliphatic carboxylic acids is 1. The molecule has 134 valence electrons. The number of carboxylic acids is 1. The number of nitrogens with zero attached hydrogens (tertiary/aromatic N) is 3. The number of aliphatic hydroxyl groups is 3. The van der Waals surface area contributed by atoms with Crippen molar-refractivity contribution in [3.8, 4) is 0 Å². The fourth-order valence-electron chi connectivity index (χ4n) is 2.52. The summed E-state index contributed by atoms with van der Waals surface area (Å²) in [5.41, 5.74) is 1.01. The van der Waals surface area contributed by atoms with Gasteiger partial charge in [0.1, 0.15) is 35.9 Å². The van der Waals surface area contributed by atoms with Crippen molar-refractivity contribution < 1.29 is 34.8 Å². The lowest BCUT2D eigenvalue weighted by molar-refractivity contribution is -0.246. The van der Waals surface area contributed by atoms with Gasteiger partial charge in [0.2, 0.25) is 0 Å². The predicted molar refractivity (Wildman–Crippen MR) is 80.1 cm³/mol. The molecular formula is C14H16N4O7. The molecule has 1 aromatic heterocycles. The number of ether oxygens (including phenoxy) is 1. The zero-order valence-corrected chi connectivity index (χ0v) is 12.8. The lowest BCUT2D eigenvalue weighted by Crippen LogP contribution is -2.60. The second kappa shape index (κ2) is 6.72. The number of rotatable bonds is 4. The van der Waals surface area contributed by atoms with Crippen molar-refractivity contribution in [3.05, 3.63) is 24.3 Å². The van der Waals surface area contributed by atoms with E-state index in [2.05, 4.69) is 10.2 Å². The van der Waals surface area contributed by atoms with Gasteiger partial charge in [-0.1, -0.05) is 12.1 Å². The second-order valence-electron chi connectivity index (χ2n) is 5.54. The third-order valence-electron chi connectivity index (χ3n) is 3.79. The maximum Gasteiger partial charge on any atom is 0.322 e. The summed E-state index contributed by atoms with van der Waals surface area (Å²) < 4.78 is 5.36. The van der Waals surface area contributed by atoms with Crippen LogP contribution in [0.15, 0.2) is 24.3 Å². The lowest BCUT2D eigenvalue weighted by atomic mass is 9.97. The van der Waals surface area contributed by atoms with Crippen LogP contribution in [0.4, 0.5) is 0 Å². The average molecular weight is 352 g/mol. The first-order chi connectivity index (χ1) is 11.9. The summed E-state index contributed by atoms with van der Waals surface area (Å²) in [6, 6.07) is 6.83. The van der Waals surface area contributed by atoms with Gasteiger partial charge >= 0.3 is 5.97 Å². The highest BCUT2D eigenvalue weighted by Gasteiger charge is 2.48. The summed E-state index contributed by atoms with van der Waals surface area (Å²) in [7, 11) is 0. The van der Waals surface area contributed by atoms with Crippen molar-refractivity contribution >= 4 is 22.9 Å². The monoisotopic (exact) mass is 352 g/mol. The second-order valence-corrected chi connectivity index (χ2v) is 5.54. The molecule has 5 atom stereocenters. The molecule has 5 N–H and O–H groups in total. The number of carbonyl (C=O) groups excluding carboxylic acids is 1. The van der Waals surface area contributed by atoms with Crippen LogP contribution in [0, 0.1) is 0 Å². The molecule has 0 radical (unpaired) electrons. The molecule has 1 aliphatic rings. The lowest BCUT2D eigenvalue weighted by Gasteiger charge is -2.38. The molecule has 0 aliphatic carbocycles. The van der Waals surface area contributed by atoms with E-state index in [4.69, 9.17) is 9.84 Å². The Morgan fingerprint density at radius 1 is 1.08 bits per heavy atom. The van der Waals surface area contributed by atoms with E-state index in [9.17, 15) is 24.9 Å². The van der Waals surface area contributed by atoms with Crippen molar-refractivity contribution in [1.29, 1.82) is 0 Å². The van der Waals surface area contributed by atoms with Crippen LogP contribution < -0.4 is 5.32 Å². The first-order valence-corrected chi connectivity index (χ1v) is 7.39. The standard InChI is InChI=1S/C14H16N4O7/c19-8(20)5-15-13(24)12-10(22)9(21)11(23)14(25-12)18-16-6-3-1-2-4-7(6)17-18/h1-4,9-12,14,21-23H,5H2,(H,15,24)(H,19,20). The van der Waals surface area contributed by atoms with E-state index in [1.807, 2.05) is 5.32 Å². The molecule has 1 amide bonds. The van der Waals surface area contributed by atoms with E-state index in [1.54, 1.807) is 24.3 Å². The number of carbonyl (C=O) groups is 2. The number of nitrogens with one attached hydrogen (secondary N) is 1. The number of benzene rings is 1. The third-order valence-corrected chi connectivity index (χ3v) is 3.79. The molecule has 2 aromatic rings. The largest absolute Gasteiger partial charge is 0.480 e. The molecule has 0 saturated carbocycles. The average Bonchev–Trinajstić information content (AvgIpc) is 3.01. The minimum Gasteiger partial charge on any atom is -0.480 e. The Labute approximate surface area is 140 Å². The number of hydrogen-bond acceptors (Lipinski definition) is 8. The van der Waals surface area contributed by atoms with Crippen molar-refractivity contribution in [2.75, 3.05) is 6.54 Å². The molecule has 5 unspecified atom stereocenters. The van der Waals surface area contributed by atoms with Crippen LogP contribution in [-0.4, -0.2) is 78.3 Å². The van der Waals surface area contributed by atoms with Crippen LogP contribution in [-0.2, 0) is 14.3 Å². The quantitative estimate of drug-likeness (QED) is 0.403. The van der Waals surface area contributed by atoms with E-state index in [-0.39, 0.29) is 0 Å². The number of aliphatic hydroxyl groups excluding tert-OH is 3. The van der Waals surface area contributed by atoms with Crippen LogP contribution >= 0.6 is 0 Å². The molecule has 1 aromatic carbocycles. The maximum atomic E-state index is 12.0. The molecule has 2 heterocycles. The van der Waals surface area contributed by atoms with Crippen LogP contribution in [0.3, 0.4) is 0 Å². The Morgan fingerprint density at radius 3 is 2.24 bits per heavy atom. The van der Waals surface area contributed by atoms with Crippen LogP contribution in [0.5, 0.6) is 0 Å². The fourth-order valence-corrected chi connectivity index (χ4v) is 2.52. The van der Waals surface area contributed by atoms with E-state index in [0.717, 1.165) is 4.80 Å². The SMILES string of the molecule is O=C(O)CNC(=O)C1OC(n2nc3ccccc3n2)C(O)C(O)C1O. The van der Waals surface area contributed by atoms with Crippen LogP contribution in [0.2, 0.25) is 0 Å². The van der Waals surface area contributed by atoms with Crippen molar-refractivity contribution in [2.45, 2.75) is 30.6 Å². The van der Waals surface area contributed by atoms with Gasteiger partial charge in [-0.2, -0.15) is 15.0 Å². The molecule has 1 saturated heterocycles. The summed E-state index contributed by atoms with van der Waals surface area (Å²) in [5, 5.41) is 49.0. The highest BCUT2D eigenvalue weighted by Crippen LogP contribution is 2.28. The van der Waals surface area contributed by atoms with Crippen molar-refractivity contribution in [1.82, 2.24) is 20.3 Å². The van der Waals surface area contributed by atoms with Crippen molar-refractivity contribution in [2.24, 2.45) is 0 Å². The normalized spacial score (nSPS) is 29.5. The molecule has 25 heavy (non-hydrogen) atoms. The Balaban J connectivity index is 1.85. The maximum absolute atomic E-state index is 12.0. The molecular weight excluding hydrogens is 336 g/mol. The molecule has 0 bridgehead atoms. The smallest absolute Gasteiger partial charge is 0.322 e. The molecule has 11 nitrogen and oxygen atoms in total. The third kappa shape index (κ3) is 3.30. The van der Waals surface area contributed by atoms with Crippen LogP contribution in [0.1, 0.15) is 6.23 Å². The zero-order chi connectivity index (χ0) is 18.1. The fraction of sp³-hybridized carbons (Fsp3) is 0.429. The van der Waals surface area contributed by atoms with Gasteiger partial charge in [-0.15, -0.1) is 0 Å². The van der Waals surface area contributed by atoms with E-state index >= 15 is 0 Å². The molecule has 0 spiro atoms. The number of carboxylic acid groups (broad SMARTS) is 1. The Hall–Kier alpha value is -2.60. The summed E-state index contributed by atoms with van der Waals surface area (Å²) in [6.45, 7) is -0.682. The van der Waals surface area contributed by atoms with E-state index < -0.39 is 49.1 Å². The Bertz CT molecular complexity index is 761. The molecule has 1 fully saturated rings. The molecule has 3 rings (SSSR count). The number of fused-ring (bicyclic) bond motifs is 1. The van der Waals surface area contributed by atoms with E-state index in [0.29, 0.717) is 11.0 Å². The summed E-state index contributed by atoms with van der Waals surface area (Å²) in [6.07, 6.45) is -8.00. The van der Waals surface area contributed by atoms with Gasteiger partial charge in [0.15, 0.2) is 12.3 Å². The molecule has 1 aliphatic heterocycles. The summed E-state index contributed by atoms with van der Waals surface area (Å²) in [5.74, 6) is -2.22. The van der Waals surface area contributed by atoms with Gasteiger partial charge in [-0.3, -0.25) is 9.59 Å². The predicted octanol–water partition coefficient (Wildman–Crippen LogP) is -2.39. The van der Waals surface area contributed by atoms with Gasteiger partial charge < -0.3 is 30.5 Å². The minimum absolute atomic E-state index is 0.505. The highest BCUT2D eigenvalue weighted by atomic mass is 16.6. The van der Waals surface area contributed by atoms with Gasteiger partial charge in [0.25, 0.3) is 5.91 Å². The molecule has 11 heteroatoms. The van der Waals surface area contributed by atoms with Gasteiger partial charge in [0.05, 0.1) is 0 Å². The summed E-state index contributed by atoms with van der Waals surface area (Å²) in [4.78, 5) is 23.6. The summed E-state index contributed by atoms with van der Waals surface area (Å²) >= 11 is 0. The topological polar surface area (TPSA) is 167 Å². The van der Waals surface area contributed by atoms with Crippen LogP contribution in [0.25, 0.3) is 11.0 Å². The van der Waals surface area contributed by atoms with Gasteiger partial charge in [-0.05, 0) is 12.1 Å². The first kappa shape index (κ1) is 17.2. The minimum atomic E-state index is -1.75. The number of aromatic nitrogens is 3. The van der Waals surface area contributed by atoms with Gasteiger partial charge in [0, 0.05) is 0 Å². The number of hydrogen-bond donors (Lipinski definition) is 5. The Kier molecular flexibility index (Phi) is 4.63. The first-order valence-electron chi connectivity index (χ1n) is 7.39. The van der Waals surface area contributed by atoms with E-state index in [1.165, 1.54) is 0 Å². The van der Waals surface area contributed by atoms with Gasteiger partial charge in [-0.25, -0.2) is 0 Å². The Morgan fingerprint density at radius 2 is 1.68 bits per heavy atom. The van der Waals surface area contributed by atoms with Crippen molar-refractivity contribution in [3.63, 3.8) is 0 Å². The highest BCUT2D eigenvalue weighted by molar-refractivity contribution is 5.85. The number of amides is 1.